The molecule has 0 bridgehead atoms. The highest BCUT2D eigenvalue weighted by molar-refractivity contribution is 6.30. The van der Waals surface area contributed by atoms with Crippen LogP contribution in [0.5, 0.6) is 5.75 Å². The van der Waals surface area contributed by atoms with E-state index < -0.39 is 5.82 Å². The fourth-order valence-corrected chi connectivity index (χ4v) is 1.95. The summed E-state index contributed by atoms with van der Waals surface area (Å²) in [5, 5.41) is 3.52. The largest absolute Gasteiger partial charge is 0.486 e. The van der Waals surface area contributed by atoms with Crippen molar-refractivity contribution in [2.24, 2.45) is 5.92 Å². The van der Waals surface area contributed by atoms with E-state index in [-0.39, 0.29) is 10.6 Å². The Labute approximate surface area is 112 Å². The maximum atomic E-state index is 13.3. The highest BCUT2D eigenvalue weighted by Gasteiger charge is 2.45. The van der Waals surface area contributed by atoms with Gasteiger partial charge in [-0.05, 0) is 37.4 Å². The van der Waals surface area contributed by atoms with Gasteiger partial charge >= 0.3 is 0 Å². The lowest BCUT2D eigenvalue weighted by molar-refractivity contribution is 0.173. The molecule has 0 heterocycles. The maximum absolute atomic E-state index is 13.3. The van der Waals surface area contributed by atoms with Crippen molar-refractivity contribution in [1.82, 2.24) is 5.32 Å². The van der Waals surface area contributed by atoms with Crippen LogP contribution in [0.4, 0.5) is 4.39 Å². The van der Waals surface area contributed by atoms with Gasteiger partial charge in [0.15, 0.2) is 0 Å². The molecule has 0 saturated heterocycles. The average Bonchev–Trinajstić information content (AvgIpc) is 3.03. The van der Waals surface area contributed by atoms with E-state index in [0.29, 0.717) is 11.7 Å². The van der Waals surface area contributed by atoms with Crippen LogP contribution in [0.15, 0.2) is 18.2 Å². The zero-order chi connectivity index (χ0) is 13.2. The molecule has 0 atom stereocenters. The highest BCUT2D eigenvalue weighted by atomic mass is 35.5. The van der Waals surface area contributed by atoms with Gasteiger partial charge in [-0.1, -0.05) is 25.4 Å². The molecule has 1 N–H and O–H groups in total. The average molecular weight is 272 g/mol. The monoisotopic (exact) mass is 271 g/mol. The summed E-state index contributed by atoms with van der Waals surface area (Å²) in [6.07, 6.45) is 2.03. The van der Waals surface area contributed by atoms with Gasteiger partial charge in [0.25, 0.3) is 0 Å². The first-order valence-corrected chi connectivity index (χ1v) is 6.73. The number of rotatable bonds is 6. The van der Waals surface area contributed by atoms with Gasteiger partial charge in [-0.15, -0.1) is 0 Å². The molecule has 18 heavy (non-hydrogen) atoms. The van der Waals surface area contributed by atoms with Crippen LogP contribution >= 0.6 is 11.6 Å². The van der Waals surface area contributed by atoms with Gasteiger partial charge in [-0.2, -0.15) is 0 Å². The van der Waals surface area contributed by atoms with Crippen molar-refractivity contribution >= 4 is 11.6 Å². The SMILES string of the molecule is CC(C)CNCC1(Oc2ccc(Cl)c(F)c2)CC1. The molecule has 1 aromatic carbocycles. The van der Waals surface area contributed by atoms with Gasteiger partial charge in [-0.25, -0.2) is 4.39 Å². The van der Waals surface area contributed by atoms with Crippen molar-refractivity contribution in [2.75, 3.05) is 13.1 Å². The standard InChI is InChI=1S/C14H19ClFNO/c1-10(2)8-17-9-14(5-6-14)18-11-3-4-12(15)13(16)7-11/h3-4,7,10,17H,5-6,8-9H2,1-2H3. The quantitative estimate of drug-likeness (QED) is 0.853. The molecule has 0 spiro atoms. The van der Waals surface area contributed by atoms with Crippen molar-refractivity contribution in [2.45, 2.75) is 32.3 Å². The molecule has 1 aliphatic rings. The molecule has 2 nitrogen and oxygen atoms in total. The third-order valence-electron chi connectivity index (χ3n) is 3.03. The molecule has 2 rings (SSSR count). The second kappa shape index (κ2) is 5.45. The number of ether oxygens (including phenoxy) is 1. The molecule has 0 unspecified atom stereocenters. The predicted molar refractivity (Wildman–Crippen MR) is 71.7 cm³/mol. The van der Waals surface area contributed by atoms with E-state index in [9.17, 15) is 4.39 Å². The van der Waals surface area contributed by atoms with E-state index >= 15 is 0 Å². The summed E-state index contributed by atoms with van der Waals surface area (Å²) in [7, 11) is 0. The normalized spacial score (nSPS) is 16.9. The Bertz CT molecular complexity index is 418. The fraction of sp³-hybridized carbons (Fsp3) is 0.571. The number of halogens is 2. The summed E-state index contributed by atoms with van der Waals surface area (Å²) in [5.41, 5.74) is -0.144. The molecule has 4 heteroatoms. The van der Waals surface area contributed by atoms with Crippen molar-refractivity contribution in [1.29, 1.82) is 0 Å². The fourth-order valence-electron chi connectivity index (χ4n) is 1.83. The molecule has 0 aliphatic heterocycles. The van der Waals surface area contributed by atoms with Gasteiger partial charge < -0.3 is 10.1 Å². The van der Waals surface area contributed by atoms with Crippen LogP contribution in [-0.4, -0.2) is 18.7 Å². The zero-order valence-corrected chi connectivity index (χ0v) is 11.6. The number of nitrogens with one attached hydrogen (secondary N) is 1. The van der Waals surface area contributed by atoms with Gasteiger partial charge in [0.05, 0.1) is 5.02 Å². The zero-order valence-electron chi connectivity index (χ0n) is 10.8. The van der Waals surface area contributed by atoms with Crippen molar-refractivity contribution in [3.05, 3.63) is 29.0 Å². The molecule has 0 aromatic heterocycles. The summed E-state index contributed by atoms with van der Waals surface area (Å²) in [4.78, 5) is 0. The van der Waals surface area contributed by atoms with Gasteiger partial charge in [0.1, 0.15) is 17.2 Å². The van der Waals surface area contributed by atoms with Crippen LogP contribution < -0.4 is 10.1 Å². The van der Waals surface area contributed by atoms with Crippen molar-refractivity contribution < 1.29 is 9.13 Å². The van der Waals surface area contributed by atoms with E-state index in [1.165, 1.54) is 12.1 Å². The first kappa shape index (κ1) is 13.6. The van der Waals surface area contributed by atoms with E-state index in [1.54, 1.807) is 6.07 Å². The van der Waals surface area contributed by atoms with Crippen LogP contribution in [-0.2, 0) is 0 Å². The first-order valence-electron chi connectivity index (χ1n) is 6.35. The Morgan fingerprint density at radius 1 is 1.44 bits per heavy atom. The molecule has 0 radical (unpaired) electrons. The third kappa shape index (κ3) is 3.59. The van der Waals surface area contributed by atoms with Crippen LogP contribution in [0.3, 0.4) is 0 Å². The number of hydrogen-bond donors (Lipinski definition) is 1. The maximum Gasteiger partial charge on any atom is 0.145 e. The lowest BCUT2D eigenvalue weighted by Crippen LogP contribution is -2.35. The van der Waals surface area contributed by atoms with Crippen LogP contribution in [0.25, 0.3) is 0 Å². The minimum absolute atomic E-state index is 0.130. The van der Waals surface area contributed by atoms with E-state index in [1.807, 2.05) is 0 Å². The Morgan fingerprint density at radius 2 is 2.17 bits per heavy atom. The smallest absolute Gasteiger partial charge is 0.145 e. The van der Waals surface area contributed by atoms with E-state index in [4.69, 9.17) is 16.3 Å². The molecule has 1 fully saturated rings. The molecule has 100 valence electrons. The summed E-state index contributed by atoms with van der Waals surface area (Å²) in [6.45, 7) is 6.12. The summed E-state index contributed by atoms with van der Waals surface area (Å²) >= 11 is 5.64. The molecule has 1 aliphatic carbocycles. The van der Waals surface area contributed by atoms with Crippen molar-refractivity contribution in [3.63, 3.8) is 0 Å². The van der Waals surface area contributed by atoms with Gasteiger partial charge in [0.2, 0.25) is 0 Å². The van der Waals surface area contributed by atoms with Gasteiger partial charge in [0, 0.05) is 12.6 Å². The summed E-state index contributed by atoms with van der Waals surface area (Å²) in [6, 6.07) is 4.60. The second-order valence-corrected chi connectivity index (χ2v) is 5.79. The summed E-state index contributed by atoms with van der Waals surface area (Å²) < 4.78 is 19.2. The topological polar surface area (TPSA) is 21.3 Å². The Balaban J connectivity index is 1.90. The third-order valence-corrected chi connectivity index (χ3v) is 3.34. The molecular weight excluding hydrogens is 253 g/mol. The number of benzene rings is 1. The van der Waals surface area contributed by atoms with Gasteiger partial charge in [-0.3, -0.25) is 0 Å². The lowest BCUT2D eigenvalue weighted by Gasteiger charge is -2.19. The van der Waals surface area contributed by atoms with Crippen LogP contribution in [0.1, 0.15) is 26.7 Å². The van der Waals surface area contributed by atoms with Crippen LogP contribution in [0, 0.1) is 11.7 Å². The Hall–Kier alpha value is -0.800. The molecular formula is C14H19ClFNO. The Kier molecular flexibility index (Phi) is 4.13. The number of hydrogen-bond acceptors (Lipinski definition) is 2. The van der Waals surface area contributed by atoms with Crippen LogP contribution in [0.2, 0.25) is 5.02 Å². The van der Waals surface area contributed by atoms with Crippen molar-refractivity contribution in [3.8, 4) is 5.75 Å². The lowest BCUT2D eigenvalue weighted by atomic mass is 10.2. The first-order chi connectivity index (χ1) is 8.51. The Morgan fingerprint density at radius 3 is 2.72 bits per heavy atom. The van der Waals surface area contributed by atoms with E-state index in [0.717, 1.165) is 25.9 Å². The molecule has 1 saturated carbocycles. The summed E-state index contributed by atoms with van der Waals surface area (Å²) in [5.74, 6) is 0.745. The minimum atomic E-state index is -0.430. The second-order valence-electron chi connectivity index (χ2n) is 5.39. The molecule has 0 amide bonds. The predicted octanol–water partition coefficient (Wildman–Crippen LogP) is 3.64. The minimum Gasteiger partial charge on any atom is -0.486 e. The highest BCUT2D eigenvalue weighted by Crippen LogP contribution is 2.40. The van der Waals surface area contributed by atoms with E-state index in [2.05, 4.69) is 19.2 Å². The molecule has 1 aromatic rings.